The molecule has 20 heavy (non-hydrogen) atoms. The van der Waals surface area contributed by atoms with Crippen LogP contribution < -0.4 is 10.6 Å². The summed E-state index contributed by atoms with van der Waals surface area (Å²) in [5, 5.41) is 0. The maximum atomic E-state index is 14.1. The van der Waals surface area contributed by atoms with Gasteiger partial charge >= 0.3 is 5.97 Å². The van der Waals surface area contributed by atoms with Gasteiger partial charge in [0.25, 0.3) is 0 Å². The molecule has 0 unspecified atom stereocenters. The number of methoxy groups -OCH3 is 1. The first-order valence-corrected chi connectivity index (χ1v) is 6.94. The molecule has 1 aliphatic rings. The van der Waals surface area contributed by atoms with Crippen LogP contribution in [0, 0.1) is 5.82 Å². The predicted molar refractivity (Wildman–Crippen MR) is 77.4 cm³/mol. The van der Waals surface area contributed by atoms with Crippen LogP contribution in [0.5, 0.6) is 0 Å². The molecule has 0 amide bonds. The molecule has 2 N–H and O–H groups in total. The van der Waals surface area contributed by atoms with E-state index in [1.165, 1.54) is 25.7 Å². The molecule has 1 aliphatic carbocycles. The largest absolute Gasteiger partial charge is 0.465 e. The number of hydrogen-bond donors (Lipinski definition) is 1. The highest BCUT2D eigenvalue weighted by molar-refractivity contribution is 5.96. The number of carbonyl (C=O) groups is 1. The molecule has 2 rings (SSSR count). The van der Waals surface area contributed by atoms with Crippen LogP contribution >= 0.6 is 0 Å². The highest BCUT2D eigenvalue weighted by atomic mass is 19.1. The van der Waals surface area contributed by atoms with Crippen LogP contribution in [0.15, 0.2) is 12.1 Å². The van der Waals surface area contributed by atoms with E-state index in [1.54, 1.807) is 0 Å². The van der Waals surface area contributed by atoms with Gasteiger partial charge in [-0.25, -0.2) is 9.18 Å². The standard InChI is InChI=1S/C15H21FN2O2/c1-18(10-6-4-3-5-7-10)14-8-11(15(19)20-2)13(17)9-12(14)16/h8-10H,3-7,17H2,1-2H3. The minimum absolute atomic E-state index is 0.107. The van der Waals surface area contributed by atoms with E-state index in [9.17, 15) is 9.18 Å². The summed E-state index contributed by atoms with van der Waals surface area (Å²) in [7, 11) is 3.15. The Kier molecular flexibility index (Phi) is 4.47. The van der Waals surface area contributed by atoms with Crippen LogP contribution in [0.2, 0.25) is 0 Å². The van der Waals surface area contributed by atoms with Gasteiger partial charge in [-0.2, -0.15) is 0 Å². The molecule has 5 heteroatoms. The monoisotopic (exact) mass is 280 g/mol. The Bertz CT molecular complexity index is 499. The smallest absolute Gasteiger partial charge is 0.340 e. The van der Waals surface area contributed by atoms with Crippen LogP contribution in [0.25, 0.3) is 0 Å². The van der Waals surface area contributed by atoms with E-state index < -0.39 is 11.8 Å². The van der Waals surface area contributed by atoms with Gasteiger partial charge in [-0.3, -0.25) is 0 Å². The first-order valence-electron chi connectivity index (χ1n) is 6.94. The summed E-state index contributed by atoms with van der Waals surface area (Å²) in [6.45, 7) is 0. The third-order valence-corrected chi connectivity index (χ3v) is 4.03. The molecular weight excluding hydrogens is 259 g/mol. The van der Waals surface area contributed by atoms with Crippen LogP contribution in [0.1, 0.15) is 42.5 Å². The third kappa shape index (κ3) is 2.86. The number of nitrogens with zero attached hydrogens (tertiary/aromatic N) is 1. The second-order valence-electron chi connectivity index (χ2n) is 5.29. The molecule has 1 aromatic rings. The van der Waals surface area contributed by atoms with Crippen molar-refractivity contribution in [3.8, 4) is 0 Å². The van der Waals surface area contributed by atoms with E-state index >= 15 is 0 Å². The number of anilines is 2. The van der Waals surface area contributed by atoms with E-state index in [1.807, 2.05) is 11.9 Å². The number of halogens is 1. The van der Waals surface area contributed by atoms with Gasteiger partial charge in [-0.15, -0.1) is 0 Å². The number of benzene rings is 1. The van der Waals surface area contributed by atoms with Crippen LogP contribution in [0.4, 0.5) is 15.8 Å². The lowest BCUT2D eigenvalue weighted by molar-refractivity contribution is 0.0602. The quantitative estimate of drug-likeness (QED) is 0.683. The Hall–Kier alpha value is -1.78. The Labute approximate surface area is 118 Å². The zero-order valence-electron chi connectivity index (χ0n) is 12.0. The number of carbonyl (C=O) groups excluding carboxylic acids is 1. The van der Waals surface area contributed by atoms with Crippen LogP contribution in [-0.2, 0) is 4.74 Å². The zero-order valence-corrected chi connectivity index (χ0v) is 12.0. The molecular formula is C15H21FN2O2. The van der Waals surface area contributed by atoms with Crippen molar-refractivity contribution >= 4 is 17.3 Å². The summed E-state index contributed by atoms with van der Waals surface area (Å²) in [5.41, 5.74) is 6.42. The highest BCUT2D eigenvalue weighted by Gasteiger charge is 2.23. The lowest BCUT2D eigenvalue weighted by Crippen LogP contribution is -2.34. The van der Waals surface area contributed by atoms with E-state index in [0.29, 0.717) is 11.7 Å². The zero-order chi connectivity index (χ0) is 14.7. The van der Waals surface area contributed by atoms with Crippen molar-refractivity contribution in [2.75, 3.05) is 24.8 Å². The maximum Gasteiger partial charge on any atom is 0.340 e. The van der Waals surface area contributed by atoms with Gasteiger partial charge in [-0.1, -0.05) is 19.3 Å². The number of hydrogen-bond acceptors (Lipinski definition) is 4. The molecule has 4 nitrogen and oxygen atoms in total. The van der Waals surface area contributed by atoms with E-state index in [2.05, 4.69) is 4.74 Å². The van der Waals surface area contributed by atoms with Gasteiger partial charge in [-0.05, 0) is 25.0 Å². The minimum atomic E-state index is -0.541. The molecule has 0 saturated heterocycles. The summed E-state index contributed by atoms with van der Waals surface area (Å²) >= 11 is 0. The summed E-state index contributed by atoms with van der Waals surface area (Å²) < 4.78 is 18.8. The van der Waals surface area contributed by atoms with Crippen molar-refractivity contribution in [3.05, 3.63) is 23.5 Å². The lowest BCUT2D eigenvalue weighted by atomic mass is 9.94. The van der Waals surface area contributed by atoms with Gasteiger partial charge < -0.3 is 15.4 Å². The molecule has 0 aromatic heterocycles. The minimum Gasteiger partial charge on any atom is -0.465 e. The molecule has 1 saturated carbocycles. The molecule has 0 aliphatic heterocycles. The molecule has 0 bridgehead atoms. The molecule has 110 valence electrons. The molecule has 0 atom stereocenters. The number of esters is 1. The summed E-state index contributed by atoms with van der Waals surface area (Å²) in [6, 6.07) is 3.00. The van der Waals surface area contributed by atoms with E-state index in [0.717, 1.165) is 25.7 Å². The fraction of sp³-hybridized carbons (Fsp3) is 0.533. The van der Waals surface area contributed by atoms with Gasteiger partial charge in [0.05, 0.1) is 18.4 Å². The molecule has 1 fully saturated rings. The topological polar surface area (TPSA) is 55.6 Å². The van der Waals surface area contributed by atoms with E-state index in [4.69, 9.17) is 5.73 Å². The van der Waals surface area contributed by atoms with Crippen molar-refractivity contribution in [2.24, 2.45) is 0 Å². The first-order chi connectivity index (χ1) is 9.54. The Balaban J connectivity index is 2.32. The second kappa shape index (κ2) is 6.11. The average molecular weight is 280 g/mol. The Morgan fingerprint density at radius 2 is 2.00 bits per heavy atom. The van der Waals surface area contributed by atoms with Gasteiger partial charge in [0.2, 0.25) is 0 Å². The summed E-state index contributed by atoms with van der Waals surface area (Å²) in [6.07, 6.45) is 5.66. The number of rotatable bonds is 3. The van der Waals surface area contributed by atoms with Crippen molar-refractivity contribution < 1.29 is 13.9 Å². The Morgan fingerprint density at radius 1 is 1.35 bits per heavy atom. The molecule has 0 radical (unpaired) electrons. The lowest BCUT2D eigenvalue weighted by Gasteiger charge is -2.33. The molecule has 0 heterocycles. The van der Waals surface area contributed by atoms with Gasteiger partial charge in [0.1, 0.15) is 5.82 Å². The molecule has 1 aromatic carbocycles. The number of nitrogen functional groups attached to an aromatic ring is 1. The van der Waals surface area contributed by atoms with Crippen LogP contribution in [0.3, 0.4) is 0 Å². The second-order valence-corrected chi connectivity index (χ2v) is 5.29. The highest BCUT2D eigenvalue weighted by Crippen LogP contribution is 2.30. The van der Waals surface area contributed by atoms with Crippen LogP contribution in [-0.4, -0.2) is 26.2 Å². The van der Waals surface area contributed by atoms with Gasteiger partial charge in [0.15, 0.2) is 0 Å². The van der Waals surface area contributed by atoms with Crippen molar-refractivity contribution in [1.82, 2.24) is 0 Å². The van der Waals surface area contributed by atoms with E-state index in [-0.39, 0.29) is 11.3 Å². The first kappa shape index (κ1) is 14.6. The number of nitrogens with two attached hydrogens (primary N) is 1. The van der Waals surface area contributed by atoms with Crippen molar-refractivity contribution in [2.45, 2.75) is 38.1 Å². The predicted octanol–water partition coefficient (Wildman–Crippen LogP) is 2.96. The maximum absolute atomic E-state index is 14.1. The van der Waals surface area contributed by atoms with Crippen molar-refractivity contribution in [3.63, 3.8) is 0 Å². The fourth-order valence-corrected chi connectivity index (χ4v) is 2.80. The van der Waals surface area contributed by atoms with Crippen molar-refractivity contribution in [1.29, 1.82) is 0 Å². The molecule has 0 spiro atoms. The van der Waals surface area contributed by atoms with Gasteiger partial charge in [0, 0.05) is 18.8 Å². The fourth-order valence-electron chi connectivity index (χ4n) is 2.80. The SMILES string of the molecule is COC(=O)c1cc(N(C)C2CCCCC2)c(F)cc1N. The normalized spacial score (nSPS) is 15.9. The average Bonchev–Trinajstić information content (AvgIpc) is 2.47. The summed E-state index contributed by atoms with van der Waals surface area (Å²) in [4.78, 5) is 13.6. The summed E-state index contributed by atoms with van der Waals surface area (Å²) in [5.74, 6) is -0.941. The third-order valence-electron chi connectivity index (χ3n) is 4.03. The number of ether oxygens (including phenoxy) is 1. The Morgan fingerprint density at radius 3 is 2.60 bits per heavy atom.